The van der Waals surface area contributed by atoms with Crippen molar-refractivity contribution >= 4 is 65.4 Å². The largest absolute Gasteiger partial charge is 0.309 e. The van der Waals surface area contributed by atoms with Gasteiger partial charge in [-0.2, -0.15) is 0 Å². The van der Waals surface area contributed by atoms with E-state index in [0.29, 0.717) is 0 Å². The Morgan fingerprint density at radius 2 is 0.667 bits per heavy atom. The Bertz CT molecular complexity index is 2290. The van der Waals surface area contributed by atoms with Crippen LogP contribution in [0, 0.1) is 12.1 Å². The molecule has 0 bridgehead atoms. The number of nitrogens with zero attached hydrogens (tertiary/aromatic N) is 3. The minimum Gasteiger partial charge on any atom is -0.309 e. The molecule has 0 unspecified atom stereocenters. The number of benzene rings is 6. The van der Waals surface area contributed by atoms with Crippen molar-refractivity contribution in [2.45, 2.75) is 0 Å². The van der Waals surface area contributed by atoms with Crippen LogP contribution in [0.15, 0.2) is 152 Å². The Kier molecular flexibility index (Phi) is 4.92. The fraction of sp³-hybridized carbons (Fsp3) is 0. The van der Waals surface area contributed by atoms with Crippen molar-refractivity contribution in [3.05, 3.63) is 164 Å². The van der Waals surface area contributed by atoms with E-state index < -0.39 is 0 Å². The number of fused-ring (bicyclic) bond motifs is 9. The molecule has 208 valence electrons. The molecule has 10 aromatic rings. The summed E-state index contributed by atoms with van der Waals surface area (Å²) in [5, 5.41) is 7.37. The molecule has 7 aromatic carbocycles. The van der Waals surface area contributed by atoms with E-state index in [0.717, 1.165) is 28.1 Å². The van der Waals surface area contributed by atoms with Gasteiger partial charge in [0.1, 0.15) is 5.52 Å². The molecule has 0 aliphatic carbocycles. The van der Waals surface area contributed by atoms with Crippen LogP contribution in [0.4, 0.5) is 0 Å². The van der Waals surface area contributed by atoms with E-state index in [-0.39, 0.29) is 0 Å². The maximum atomic E-state index is 3.46. The molecule has 0 atom stereocenters. The number of para-hydroxylation sites is 5. The molecule has 0 amide bonds. The summed E-state index contributed by atoms with van der Waals surface area (Å²) in [5.74, 6) is 0. The molecular formula is C42H25N3. The maximum absolute atomic E-state index is 3.46. The van der Waals surface area contributed by atoms with Crippen LogP contribution in [-0.4, -0.2) is 13.7 Å². The third-order valence-electron chi connectivity index (χ3n) is 9.26. The predicted octanol–water partition coefficient (Wildman–Crippen LogP) is 10.6. The molecule has 0 N–H and O–H groups in total. The first-order valence-electron chi connectivity index (χ1n) is 15.3. The van der Waals surface area contributed by atoms with Gasteiger partial charge in [-0.25, -0.2) is 0 Å². The normalized spacial score (nSPS) is 11.8. The van der Waals surface area contributed by atoms with Crippen molar-refractivity contribution in [2.75, 3.05) is 0 Å². The summed E-state index contributed by atoms with van der Waals surface area (Å²) in [7, 11) is 0. The predicted molar refractivity (Wildman–Crippen MR) is 187 cm³/mol. The number of hydrogen-bond acceptors (Lipinski definition) is 0. The van der Waals surface area contributed by atoms with Gasteiger partial charge in [0.2, 0.25) is 0 Å². The Balaban J connectivity index is 1.38. The molecule has 3 nitrogen and oxygen atoms in total. The van der Waals surface area contributed by atoms with E-state index in [1.54, 1.807) is 0 Å². The quantitative estimate of drug-likeness (QED) is 0.200. The number of rotatable bonds is 3. The maximum Gasteiger partial charge on any atom is 0.105 e. The smallest absolute Gasteiger partial charge is 0.105 e. The van der Waals surface area contributed by atoms with Crippen molar-refractivity contribution in [3.63, 3.8) is 0 Å². The fourth-order valence-corrected chi connectivity index (χ4v) is 7.43. The van der Waals surface area contributed by atoms with Crippen molar-refractivity contribution in [1.29, 1.82) is 0 Å². The van der Waals surface area contributed by atoms with Crippen molar-refractivity contribution in [2.24, 2.45) is 0 Å². The summed E-state index contributed by atoms with van der Waals surface area (Å²) >= 11 is 0. The van der Waals surface area contributed by atoms with Crippen molar-refractivity contribution in [3.8, 4) is 17.1 Å². The summed E-state index contributed by atoms with van der Waals surface area (Å²) in [6.45, 7) is 0. The molecule has 45 heavy (non-hydrogen) atoms. The average molecular weight is 572 g/mol. The molecule has 0 aliphatic heterocycles. The molecule has 0 aliphatic rings. The lowest BCUT2D eigenvalue weighted by Crippen LogP contribution is -2.03. The molecular weight excluding hydrogens is 546 g/mol. The van der Waals surface area contributed by atoms with Gasteiger partial charge in [-0.1, -0.05) is 97.1 Å². The van der Waals surface area contributed by atoms with Gasteiger partial charge in [0.15, 0.2) is 0 Å². The van der Waals surface area contributed by atoms with Gasteiger partial charge in [0.25, 0.3) is 0 Å². The minimum absolute atomic E-state index is 1.02. The molecule has 0 saturated heterocycles. The number of aromatic nitrogens is 3. The lowest BCUT2D eigenvalue weighted by atomic mass is 10.2. The van der Waals surface area contributed by atoms with Gasteiger partial charge in [-0.05, 0) is 66.7 Å². The van der Waals surface area contributed by atoms with E-state index in [1.165, 1.54) is 54.4 Å². The highest BCUT2D eigenvalue weighted by molar-refractivity contribution is 6.11. The highest BCUT2D eigenvalue weighted by atomic mass is 15.0. The molecule has 0 spiro atoms. The zero-order valence-electron chi connectivity index (χ0n) is 24.3. The minimum atomic E-state index is 1.02. The highest BCUT2D eigenvalue weighted by Gasteiger charge is 2.19. The SMILES string of the molecule is c1ccc2c3ccccc3n(-c3cc(-n4c5ccccc5c5ccccc54)cc(-n4c5ccccc5c5ccccc54)c3)c2c#1. The van der Waals surface area contributed by atoms with E-state index >= 15 is 0 Å². The van der Waals surface area contributed by atoms with Gasteiger partial charge in [0.05, 0.1) is 44.6 Å². The molecule has 0 radical (unpaired) electrons. The Hall–Kier alpha value is -6.24. The highest BCUT2D eigenvalue weighted by Crippen LogP contribution is 2.38. The standard InChI is InChI=1S/C42H25N3/c1-7-19-37-31(13-1)32-14-2-8-20-38(32)43(37)28-25-29(44-39-21-9-3-15-33(39)34-16-4-10-22-40(34)44)27-30(26-28)45-41-23-11-5-17-35(41)36-18-6-12-24-42(36)45/h1-11,13-23,25-27H. The van der Waals surface area contributed by atoms with Gasteiger partial charge in [-0.3, -0.25) is 0 Å². The zero-order valence-corrected chi connectivity index (χ0v) is 24.3. The Labute approximate surface area is 259 Å². The van der Waals surface area contributed by atoms with Crippen molar-refractivity contribution < 1.29 is 0 Å². The second-order valence-corrected chi connectivity index (χ2v) is 11.7. The van der Waals surface area contributed by atoms with Gasteiger partial charge >= 0.3 is 0 Å². The summed E-state index contributed by atoms with van der Waals surface area (Å²) < 4.78 is 7.17. The monoisotopic (exact) mass is 571 g/mol. The topological polar surface area (TPSA) is 14.8 Å². The third-order valence-corrected chi connectivity index (χ3v) is 9.26. The van der Waals surface area contributed by atoms with Crippen LogP contribution in [0.5, 0.6) is 0 Å². The van der Waals surface area contributed by atoms with Gasteiger partial charge in [0, 0.05) is 32.3 Å². The lowest BCUT2D eigenvalue weighted by molar-refractivity contribution is 1.10. The van der Waals surface area contributed by atoms with Crippen LogP contribution >= 0.6 is 0 Å². The fourth-order valence-electron chi connectivity index (χ4n) is 7.43. The van der Waals surface area contributed by atoms with Crippen LogP contribution in [0.25, 0.3) is 82.5 Å². The summed E-state index contributed by atoms with van der Waals surface area (Å²) in [4.78, 5) is 0. The average Bonchev–Trinajstić information content (AvgIpc) is 3.74. The second kappa shape index (κ2) is 9.13. The van der Waals surface area contributed by atoms with Crippen LogP contribution in [0.2, 0.25) is 0 Å². The molecule has 3 heteroatoms. The van der Waals surface area contributed by atoms with Crippen molar-refractivity contribution in [1.82, 2.24) is 13.7 Å². The zero-order chi connectivity index (χ0) is 29.5. The van der Waals surface area contributed by atoms with Gasteiger partial charge in [-0.15, -0.1) is 0 Å². The molecule has 10 rings (SSSR count). The second-order valence-electron chi connectivity index (χ2n) is 11.7. The Morgan fingerprint density at radius 1 is 0.333 bits per heavy atom. The van der Waals surface area contributed by atoms with E-state index in [1.807, 2.05) is 6.07 Å². The third kappa shape index (κ3) is 3.37. The van der Waals surface area contributed by atoms with Crippen LogP contribution < -0.4 is 0 Å². The molecule has 0 saturated carbocycles. The van der Waals surface area contributed by atoms with Crippen LogP contribution in [0.3, 0.4) is 0 Å². The first kappa shape index (κ1) is 24.2. The first-order valence-corrected chi connectivity index (χ1v) is 15.3. The first-order chi connectivity index (χ1) is 22.3. The molecule has 3 aromatic heterocycles. The lowest BCUT2D eigenvalue weighted by Gasteiger charge is -2.17. The summed E-state index contributed by atoms with van der Waals surface area (Å²) in [6, 6.07) is 61.3. The van der Waals surface area contributed by atoms with Crippen LogP contribution in [-0.2, 0) is 0 Å². The summed E-state index contributed by atoms with van der Waals surface area (Å²) in [5.41, 5.74) is 10.2. The van der Waals surface area contributed by atoms with E-state index in [4.69, 9.17) is 0 Å². The van der Waals surface area contributed by atoms with E-state index in [9.17, 15) is 0 Å². The summed E-state index contributed by atoms with van der Waals surface area (Å²) in [6.07, 6.45) is 0. The molecule has 3 heterocycles. The van der Waals surface area contributed by atoms with Gasteiger partial charge < -0.3 is 13.7 Å². The Morgan fingerprint density at radius 3 is 1.09 bits per heavy atom. The van der Waals surface area contributed by atoms with Crippen LogP contribution in [0.1, 0.15) is 0 Å². The molecule has 0 fully saturated rings. The van der Waals surface area contributed by atoms with E-state index in [2.05, 4.69) is 171 Å². The number of hydrogen-bond donors (Lipinski definition) is 0.